The van der Waals surface area contributed by atoms with Crippen LogP contribution in [0.15, 0.2) is 53.4 Å². The molecule has 27 heavy (non-hydrogen) atoms. The van der Waals surface area contributed by atoms with Gasteiger partial charge in [0.1, 0.15) is 0 Å². The van der Waals surface area contributed by atoms with Gasteiger partial charge in [-0.05, 0) is 23.6 Å². The Bertz CT molecular complexity index is 917. The second kappa shape index (κ2) is 7.89. The van der Waals surface area contributed by atoms with E-state index in [-0.39, 0.29) is 11.8 Å². The summed E-state index contributed by atoms with van der Waals surface area (Å²) >= 11 is 2.98. The third kappa shape index (κ3) is 3.86. The number of piperazine rings is 1. The van der Waals surface area contributed by atoms with Gasteiger partial charge in [0.05, 0.1) is 16.1 Å². The molecule has 3 heterocycles. The average molecular weight is 399 g/mol. The molecule has 1 saturated heterocycles. The molecule has 1 N–H and O–H groups in total. The van der Waals surface area contributed by atoms with Gasteiger partial charge in [-0.2, -0.15) is 0 Å². The maximum Gasteiger partial charge on any atom is 0.265 e. The van der Waals surface area contributed by atoms with Gasteiger partial charge in [0.15, 0.2) is 5.13 Å². The molecule has 2 amide bonds. The molecule has 0 atom stereocenters. The Morgan fingerprint density at radius 1 is 0.963 bits per heavy atom. The first-order valence-electron chi connectivity index (χ1n) is 8.60. The summed E-state index contributed by atoms with van der Waals surface area (Å²) in [4.78, 5) is 34.4. The van der Waals surface area contributed by atoms with Crippen LogP contribution in [0.2, 0.25) is 0 Å². The molecular formula is C19H18N4O2S2. The van der Waals surface area contributed by atoms with E-state index in [0.717, 1.165) is 18.2 Å². The van der Waals surface area contributed by atoms with Crippen molar-refractivity contribution in [3.63, 3.8) is 0 Å². The van der Waals surface area contributed by atoms with Gasteiger partial charge in [0.25, 0.3) is 11.8 Å². The van der Waals surface area contributed by atoms with Crippen molar-refractivity contribution in [3.8, 4) is 0 Å². The molecule has 2 aromatic heterocycles. The summed E-state index contributed by atoms with van der Waals surface area (Å²) in [5, 5.41) is 7.67. The van der Waals surface area contributed by atoms with Gasteiger partial charge in [-0.3, -0.25) is 9.59 Å². The van der Waals surface area contributed by atoms with E-state index >= 15 is 0 Å². The SMILES string of the molecule is O=C(Nc1ccccc1C(=O)N1CCN(c2nccs2)CC1)c1cccs1. The number of para-hydroxylation sites is 1. The first-order chi connectivity index (χ1) is 13.2. The van der Waals surface area contributed by atoms with Crippen molar-refractivity contribution in [2.24, 2.45) is 0 Å². The summed E-state index contributed by atoms with van der Waals surface area (Å²) in [6.07, 6.45) is 1.80. The van der Waals surface area contributed by atoms with Gasteiger partial charge < -0.3 is 15.1 Å². The van der Waals surface area contributed by atoms with E-state index in [1.807, 2.05) is 33.9 Å². The number of hydrogen-bond acceptors (Lipinski definition) is 6. The fourth-order valence-corrected chi connectivity index (χ4v) is 4.33. The lowest BCUT2D eigenvalue weighted by Crippen LogP contribution is -2.48. The number of hydrogen-bond donors (Lipinski definition) is 1. The van der Waals surface area contributed by atoms with Crippen LogP contribution in [0.5, 0.6) is 0 Å². The van der Waals surface area contributed by atoms with E-state index in [1.165, 1.54) is 11.3 Å². The lowest BCUT2D eigenvalue weighted by molar-refractivity contribution is 0.0748. The third-order valence-corrected chi connectivity index (χ3v) is 6.11. The minimum atomic E-state index is -0.196. The highest BCUT2D eigenvalue weighted by Gasteiger charge is 2.25. The smallest absolute Gasteiger partial charge is 0.265 e. The summed E-state index contributed by atoms with van der Waals surface area (Å²) in [7, 11) is 0. The molecule has 0 unspecified atom stereocenters. The summed E-state index contributed by atoms with van der Waals surface area (Å²) in [5.74, 6) is -0.255. The van der Waals surface area contributed by atoms with Gasteiger partial charge >= 0.3 is 0 Å². The van der Waals surface area contributed by atoms with Crippen molar-refractivity contribution < 1.29 is 9.59 Å². The van der Waals surface area contributed by atoms with Crippen LogP contribution in [0.25, 0.3) is 0 Å². The van der Waals surface area contributed by atoms with Crippen molar-refractivity contribution >= 4 is 45.3 Å². The fourth-order valence-electron chi connectivity index (χ4n) is 3.01. The highest BCUT2D eigenvalue weighted by Crippen LogP contribution is 2.22. The number of thiophene rings is 1. The molecule has 0 spiro atoms. The highest BCUT2D eigenvalue weighted by molar-refractivity contribution is 7.13. The van der Waals surface area contributed by atoms with Gasteiger partial charge in [0.2, 0.25) is 0 Å². The Kier molecular flexibility index (Phi) is 5.17. The highest BCUT2D eigenvalue weighted by atomic mass is 32.1. The molecule has 1 aromatic carbocycles. The predicted octanol–water partition coefficient (Wildman–Crippen LogP) is 3.42. The molecule has 1 aliphatic rings. The molecule has 0 saturated carbocycles. The Hall–Kier alpha value is -2.71. The maximum atomic E-state index is 13.0. The standard InChI is InChI=1S/C19H18N4O2S2/c24-17(16-6-3-12-26-16)21-15-5-2-1-4-14(15)18(25)22-8-10-23(11-9-22)19-20-7-13-27-19/h1-7,12-13H,8-11H2,(H,21,24). The number of nitrogens with one attached hydrogen (secondary N) is 1. The summed E-state index contributed by atoms with van der Waals surface area (Å²) in [5.41, 5.74) is 1.06. The van der Waals surface area contributed by atoms with Crippen LogP contribution in [0.3, 0.4) is 0 Å². The Morgan fingerprint density at radius 3 is 2.48 bits per heavy atom. The Labute approximate surface area is 165 Å². The first kappa shape index (κ1) is 17.7. The molecule has 1 aliphatic heterocycles. The van der Waals surface area contributed by atoms with E-state index in [1.54, 1.807) is 35.7 Å². The minimum absolute atomic E-state index is 0.0594. The van der Waals surface area contributed by atoms with Crippen LogP contribution >= 0.6 is 22.7 Å². The number of thiazole rings is 1. The number of rotatable bonds is 4. The van der Waals surface area contributed by atoms with E-state index < -0.39 is 0 Å². The number of amides is 2. The molecule has 1 fully saturated rings. The zero-order chi connectivity index (χ0) is 18.6. The lowest BCUT2D eigenvalue weighted by Gasteiger charge is -2.34. The third-order valence-electron chi connectivity index (χ3n) is 4.41. The molecule has 0 aliphatic carbocycles. The maximum absolute atomic E-state index is 13.0. The number of nitrogens with zero attached hydrogens (tertiary/aromatic N) is 3. The predicted molar refractivity (Wildman–Crippen MR) is 109 cm³/mol. The number of benzene rings is 1. The van der Waals surface area contributed by atoms with Gasteiger partial charge in [-0.15, -0.1) is 22.7 Å². The van der Waals surface area contributed by atoms with Crippen LogP contribution in [0, 0.1) is 0 Å². The molecular weight excluding hydrogens is 380 g/mol. The summed E-state index contributed by atoms with van der Waals surface area (Å²) in [6.45, 7) is 2.77. The van der Waals surface area contributed by atoms with Gasteiger partial charge in [-0.25, -0.2) is 4.98 Å². The zero-order valence-electron chi connectivity index (χ0n) is 14.5. The molecule has 0 bridgehead atoms. The van der Waals surface area contributed by atoms with Crippen LogP contribution in [0.1, 0.15) is 20.0 Å². The van der Waals surface area contributed by atoms with Gasteiger partial charge in [0, 0.05) is 37.8 Å². The van der Waals surface area contributed by atoms with E-state index in [0.29, 0.717) is 29.2 Å². The quantitative estimate of drug-likeness (QED) is 0.731. The minimum Gasteiger partial charge on any atom is -0.345 e. The Balaban J connectivity index is 1.45. The molecule has 8 heteroatoms. The van der Waals surface area contributed by atoms with Gasteiger partial charge in [-0.1, -0.05) is 18.2 Å². The fraction of sp³-hybridized carbons (Fsp3) is 0.211. The Morgan fingerprint density at radius 2 is 1.78 bits per heavy atom. The second-order valence-electron chi connectivity index (χ2n) is 6.07. The van der Waals surface area contributed by atoms with E-state index in [2.05, 4.69) is 15.2 Å². The van der Waals surface area contributed by atoms with Crippen molar-refractivity contribution in [3.05, 3.63) is 63.8 Å². The van der Waals surface area contributed by atoms with Crippen LogP contribution in [-0.4, -0.2) is 47.9 Å². The zero-order valence-corrected chi connectivity index (χ0v) is 16.1. The molecule has 3 aromatic rings. The molecule has 6 nitrogen and oxygen atoms in total. The van der Waals surface area contributed by atoms with Crippen molar-refractivity contribution in [2.45, 2.75) is 0 Å². The number of carbonyl (C=O) groups excluding carboxylic acids is 2. The monoisotopic (exact) mass is 398 g/mol. The van der Waals surface area contributed by atoms with Crippen molar-refractivity contribution in [1.82, 2.24) is 9.88 Å². The van der Waals surface area contributed by atoms with Crippen LogP contribution < -0.4 is 10.2 Å². The van der Waals surface area contributed by atoms with Crippen LogP contribution in [-0.2, 0) is 0 Å². The molecule has 4 rings (SSSR count). The second-order valence-corrected chi connectivity index (χ2v) is 7.89. The van der Waals surface area contributed by atoms with Crippen molar-refractivity contribution in [2.75, 3.05) is 36.4 Å². The number of carbonyl (C=O) groups is 2. The number of anilines is 2. The van der Waals surface area contributed by atoms with Crippen molar-refractivity contribution in [1.29, 1.82) is 0 Å². The average Bonchev–Trinajstić information content (AvgIpc) is 3.42. The van der Waals surface area contributed by atoms with E-state index in [9.17, 15) is 9.59 Å². The molecule has 0 radical (unpaired) electrons. The normalized spacial score (nSPS) is 14.2. The van der Waals surface area contributed by atoms with Crippen LogP contribution in [0.4, 0.5) is 10.8 Å². The first-order valence-corrected chi connectivity index (χ1v) is 10.4. The summed E-state index contributed by atoms with van der Waals surface area (Å²) < 4.78 is 0. The largest absolute Gasteiger partial charge is 0.345 e. The lowest BCUT2D eigenvalue weighted by atomic mass is 10.1. The van der Waals surface area contributed by atoms with E-state index in [4.69, 9.17) is 0 Å². The number of aromatic nitrogens is 1. The molecule has 138 valence electrons. The topological polar surface area (TPSA) is 65.5 Å². The summed E-state index contributed by atoms with van der Waals surface area (Å²) in [6, 6.07) is 10.8.